The van der Waals surface area contributed by atoms with Crippen LogP contribution in [-0.4, -0.2) is 98.1 Å². The van der Waals surface area contributed by atoms with E-state index in [-0.39, 0.29) is 30.3 Å². The molecule has 2 aliphatic rings. The van der Waals surface area contributed by atoms with Crippen LogP contribution in [0.15, 0.2) is 48.7 Å². The number of ketones is 1. The van der Waals surface area contributed by atoms with E-state index in [1.54, 1.807) is 12.1 Å². The van der Waals surface area contributed by atoms with Gasteiger partial charge in [0.1, 0.15) is 17.1 Å². The van der Waals surface area contributed by atoms with Gasteiger partial charge in [0.05, 0.1) is 37.3 Å². The van der Waals surface area contributed by atoms with E-state index in [9.17, 15) is 22.8 Å². The summed E-state index contributed by atoms with van der Waals surface area (Å²) in [5.41, 5.74) is 0.189. The quantitative estimate of drug-likeness (QED) is 0.293. The van der Waals surface area contributed by atoms with Gasteiger partial charge in [0.2, 0.25) is 5.95 Å². The number of anilines is 5. The molecule has 0 aliphatic carbocycles. The number of hydrogen-bond donors (Lipinski definition) is 2. The monoisotopic (exact) mass is 599 g/mol. The van der Waals surface area contributed by atoms with Crippen LogP contribution in [0.2, 0.25) is 0 Å². The Morgan fingerprint density at radius 2 is 1.67 bits per heavy atom. The average molecular weight is 600 g/mol. The maximum atomic E-state index is 14.0. The lowest BCUT2D eigenvalue weighted by atomic mass is 10.1. The van der Waals surface area contributed by atoms with Gasteiger partial charge in [-0.15, -0.1) is 0 Å². The maximum Gasteiger partial charge on any atom is 0.421 e. The molecule has 5 rings (SSSR count). The summed E-state index contributed by atoms with van der Waals surface area (Å²) in [6, 6.07) is 11.4. The van der Waals surface area contributed by atoms with Crippen LogP contribution in [-0.2, 0) is 15.7 Å². The zero-order chi connectivity index (χ0) is 30.6. The number of morpholine rings is 1. The van der Waals surface area contributed by atoms with Gasteiger partial charge >= 0.3 is 6.18 Å². The number of aromatic nitrogens is 2. The fourth-order valence-corrected chi connectivity index (χ4v) is 4.85. The number of rotatable bonds is 8. The zero-order valence-corrected chi connectivity index (χ0v) is 23.8. The number of amides is 1. The number of likely N-dealkylation sites (N-methyl/N-ethyl adjacent to an activating group) is 1. The van der Waals surface area contributed by atoms with Crippen molar-refractivity contribution in [1.82, 2.24) is 19.8 Å². The Labute approximate surface area is 246 Å². The third-order valence-corrected chi connectivity index (χ3v) is 7.31. The average Bonchev–Trinajstić information content (AvgIpc) is 3.01. The molecule has 2 aromatic carbocycles. The van der Waals surface area contributed by atoms with Gasteiger partial charge in [-0.1, -0.05) is 12.1 Å². The van der Waals surface area contributed by atoms with E-state index in [2.05, 4.69) is 37.4 Å². The number of nitrogens with one attached hydrogen (secondary N) is 2. The number of halogens is 3. The number of hydrogen-bond acceptors (Lipinski definition) is 10. The van der Waals surface area contributed by atoms with Crippen LogP contribution in [0.25, 0.3) is 0 Å². The highest BCUT2D eigenvalue weighted by molar-refractivity contribution is 6.43. The van der Waals surface area contributed by atoms with Gasteiger partial charge in [0.15, 0.2) is 0 Å². The van der Waals surface area contributed by atoms with E-state index in [1.807, 2.05) is 12.1 Å². The normalized spacial score (nSPS) is 16.1. The molecule has 3 heterocycles. The highest BCUT2D eigenvalue weighted by Crippen LogP contribution is 2.37. The highest BCUT2D eigenvalue weighted by atomic mass is 19.4. The lowest BCUT2D eigenvalue weighted by Crippen LogP contribution is -2.44. The molecule has 2 aliphatic heterocycles. The molecule has 0 spiro atoms. The topological polar surface area (TPSA) is 112 Å². The van der Waals surface area contributed by atoms with Crippen molar-refractivity contribution in [3.8, 4) is 5.75 Å². The van der Waals surface area contributed by atoms with Gasteiger partial charge in [-0.3, -0.25) is 9.59 Å². The van der Waals surface area contributed by atoms with Crippen LogP contribution in [0.1, 0.15) is 15.9 Å². The van der Waals surface area contributed by atoms with Gasteiger partial charge < -0.3 is 34.8 Å². The molecule has 2 N–H and O–H groups in total. The fourth-order valence-electron chi connectivity index (χ4n) is 4.85. The van der Waals surface area contributed by atoms with E-state index >= 15 is 0 Å². The first kappa shape index (κ1) is 30.0. The lowest BCUT2D eigenvalue weighted by Gasteiger charge is -2.34. The summed E-state index contributed by atoms with van der Waals surface area (Å²) in [7, 11) is 3.57. The van der Waals surface area contributed by atoms with Crippen molar-refractivity contribution >= 4 is 40.5 Å². The molecule has 228 valence electrons. The molecule has 0 atom stereocenters. The molecule has 0 bridgehead atoms. The highest BCUT2D eigenvalue weighted by Gasteiger charge is 2.36. The summed E-state index contributed by atoms with van der Waals surface area (Å²) >= 11 is 0. The SMILES string of the molecule is COc1cc(N2CCN(C)CC2)ccc1Nc1ncc(C(F)(F)F)c(Nc2ccccc2C(=O)C(=O)N2CCOCC2)n1. The number of methoxy groups -OCH3 is 1. The smallest absolute Gasteiger partial charge is 0.421 e. The Bertz CT molecular complexity index is 1470. The van der Waals surface area contributed by atoms with Crippen LogP contribution in [0, 0.1) is 0 Å². The molecule has 2 fully saturated rings. The van der Waals surface area contributed by atoms with E-state index in [1.165, 1.54) is 30.2 Å². The second kappa shape index (κ2) is 12.8. The second-order valence-corrected chi connectivity index (χ2v) is 10.2. The number of nitrogens with zero attached hydrogens (tertiary/aromatic N) is 5. The number of carbonyl (C=O) groups is 2. The van der Waals surface area contributed by atoms with Crippen LogP contribution < -0.4 is 20.3 Å². The van der Waals surface area contributed by atoms with Crippen molar-refractivity contribution < 1.29 is 32.2 Å². The summed E-state index contributed by atoms with van der Waals surface area (Å²) < 4.78 is 52.8. The van der Waals surface area contributed by atoms with Crippen molar-refractivity contribution in [3.05, 3.63) is 59.8 Å². The molecule has 14 heteroatoms. The number of piperazine rings is 1. The van der Waals surface area contributed by atoms with Crippen molar-refractivity contribution in [3.63, 3.8) is 0 Å². The van der Waals surface area contributed by atoms with E-state index in [0.717, 1.165) is 31.9 Å². The first-order chi connectivity index (χ1) is 20.6. The van der Waals surface area contributed by atoms with Gasteiger partial charge in [-0.25, -0.2) is 4.98 Å². The molecule has 3 aromatic rings. The number of benzene rings is 2. The van der Waals surface area contributed by atoms with E-state index < -0.39 is 29.2 Å². The summed E-state index contributed by atoms with van der Waals surface area (Å²) in [6.07, 6.45) is -4.14. The largest absolute Gasteiger partial charge is 0.494 e. The standard InChI is InChI=1S/C29H32F3N7O4/c1-37-9-11-38(12-10-37)19-7-8-23(24(17-19)42-2)35-28-33-18-21(29(30,31)32)26(36-28)34-22-6-4-3-5-20(22)25(40)27(41)39-13-15-43-16-14-39/h3-8,17-18H,9-16H2,1-2H3,(H2,33,34,35,36). The minimum Gasteiger partial charge on any atom is -0.494 e. The number of ether oxygens (including phenoxy) is 2. The van der Waals surface area contributed by atoms with Crippen molar-refractivity contribution in [1.29, 1.82) is 0 Å². The minimum atomic E-state index is -4.80. The van der Waals surface area contributed by atoms with Crippen LogP contribution >= 0.6 is 0 Å². The molecular weight excluding hydrogens is 567 g/mol. The number of alkyl halides is 3. The van der Waals surface area contributed by atoms with Crippen LogP contribution in [0.4, 0.5) is 42.0 Å². The number of para-hydroxylation sites is 1. The van der Waals surface area contributed by atoms with Gasteiger partial charge in [-0.2, -0.15) is 18.2 Å². The van der Waals surface area contributed by atoms with E-state index in [4.69, 9.17) is 9.47 Å². The van der Waals surface area contributed by atoms with Crippen molar-refractivity contribution in [2.75, 3.05) is 82.2 Å². The Hall–Kier alpha value is -4.43. The van der Waals surface area contributed by atoms with Crippen molar-refractivity contribution in [2.45, 2.75) is 6.18 Å². The first-order valence-corrected chi connectivity index (χ1v) is 13.7. The Morgan fingerprint density at radius 1 is 0.953 bits per heavy atom. The zero-order valence-electron chi connectivity index (χ0n) is 23.8. The predicted molar refractivity (Wildman–Crippen MR) is 154 cm³/mol. The van der Waals surface area contributed by atoms with Crippen LogP contribution in [0.3, 0.4) is 0 Å². The molecule has 1 amide bonds. The maximum absolute atomic E-state index is 14.0. The lowest BCUT2D eigenvalue weighted by molar-refractivity contribution is -0.137. The second-order valence-electron chi connectivity index (χ2n) is 10.2. The fraction of sp³-hybridized carbons (Fsp3) is 0.379. The summed E-state index contributed by atoms with van der Waals surface area (Å²) in [5, 5.41) is 5.57. The van der Waals surface area contributed by atoms with Gasteiger partial charge in [0, 0.05) is 57.2 Å². The Balaban J connectivity index is 1.41. The van der Waals surface area contributed by atoms with Crippen LogP contribution in [0.5, 0.6) is 5.75 Å². The molecule has 0 unspecified atom stereocenters. The molecule has 0 saturated carbocycles. The molecule has 11 nitrogen and oxygen atoms in total. The summed E-state index contributed by atoms with van der Waals surface area (Å²) in [5.74, 6) is -1.86. The molecule has 0 radical (unpaired) electrons. The molecule has 1 aromatic heterocycles. The summed E-state index contributed by atoms with van der Waals surface area (Å²) in [6.45, 7) is 4.65. The third-order valence-electron chi connectivity index (χ3n) is 7.31. The van der Waals surface area contributed by atoms with Gasteiger partial charge in [0.25, 0.3) is 11.7 Å². The molecular formula is C29H32F3N7O4. The Morgan fingerprint density at radius 3 is 2.37 bits per heavy atom. The van der Waals surface area contributed by atoms with E-state index in [0.29, 0.717) is 30.8 Å². The van der Waals surface area contributed by atoms with Crippen molar-refractivity contribution in [2.24, 2.45) is 0 Å². The molecule has 2 saturated heterocycles. The predicted octanol–water partition coefficient (Wildman–Crippen LogP) is 3.78. The molecule has 43 heavy (non-hydrogen) atoms. The summed E-state index contributed by atoms with van der Waals surface area (Å²) in [4.78, 5) is 39.8. The number of carbonyl (C=O) groups excluding carboxylic acids is 2. The number of Topliss-reactive ketones (excluding diaryl/α,β-unsaturated/α-hetero) is 1. The first-order valence-electron chi connectivity index (χ1n) is 13.7. The minimum absolute atomic E-state index is 0.00151. The van der Waals surface area contributed by atoms with Gasteiger partial charge in [-0.05, 0) is 31.3 Å². The Kier molecular flexibility index (Phi) is 8.97. The third kappa shape index (κ3) is 6.97.